The molecule has 2 aromatic carbocycles. The molecule has 0 saturated heterocycles. The standard InChI is InChI=1S/C21H22N2O5/c1-3-22-20(26)14(2)23-18(24)13-28-21(27)17-11-9-16(10-12-17)19(25)15-7-5-4-6-8-15/h4-12,14H,3,13H2,1-2H3,(H,22,26)(H,23,24)/t14-/m1/s1. The fraction of sp³-hybridized carbons (Fsp3) is 0.238. The van der Waals surface area contributed by atoms with E-state index in [9.17, 15) is 19.2 Å². The van der Waals surface area contributed by atoms with Crippen LogP contribution < -0.4 is 10.6 Å². The second-order valence-corrected chi connectivity index (χ2v) is 6.03. The predicted molar refractivity (Wildman–Crippen MR) is 103 cm³/mol. The average Bonchev–Trinajstić information content (AvgIpc) is 2.72. The van der Waals surface area contributed by atoms with Crippen LogP contribution in [0.15, 0.2) is 54.6 Å². The minimum Gasteiger partial charge on any atom is -0.452 e. The second kappa shape index (κ2) is 10.0. The first-order valence-corrected chi connectivity index (χ1v) is 8.86. The highest BCUT2D eigenvalue weighted by Crippen LogP contribution is 2.11. The summed E-state index contributed by atoms with van der Waals surface area (Å²) >= 11 is 0. The number of benzene rings is 2. The molecule has 2 amide bonds. The number of esters is 1. The van der Waals surface area contributed by atoms with Gasteiger partial charge in [0.05, 0.1) is 5.56 Å². The Kier molecular flexibility index (Phi) is 7.45. The van der Waals surface area contributed by atoms with Crippen molar-refractivity contribution in [3.63, 3.8) is 0 Å². The van der Waals surface area contributed by atoms with Crippen molar-refractivity contribution < 1.29 is 23.9 Å². The Labute approximate surface area is 163 Å². The third-order valence-electron chi connectivity index (χ3n) is 3.87. The number of carbonyl (C=O) groups is 4. The highest BCUT2D eigenvalue weighted by Gasteiger charge is 2.17. The molecule has 0 bridgehead atoms. The van der Waals surface area contributed by atoms with Gasteiger partial charge in [-0.15, -0.1) is 0 Å². The van der Waals surface area contributed by atoms with E-state index in [1.54, 1.807) is 31.2 Å². The predicted octanol–water partition coefficient (Wildman–Crippen LogP) is 1.72. The topological polar surface area (TPSA) is 102 Å². The minimum absolute atomic E-state index is 0.153. The van der Waals surface area contributed by atoms with E-state index in [2.05, 4.69) is 10.6 Å². The Balaban J connectivity index is 1.88. The lowest BCUT2D eigenvalue weighted by Crippen LogP contribution is -2.46. The van der Waals surface area contributed by atoms with E-state index in [4.69, 9.17) is 4.74 Å². The Bertz CT molecular complexity index is 847. The summed E-state index contributed by atoms with van der Waals surface area (Å²) in [6.45, 7) is 3.25. The number of hydrogen-bond donors (Lipinski definition) is 2. The molecule has 28 heavy (non-hydrogen) atoms. The van der Waals surface area contributed by atoms with Gasteiger partial charge >= 0.3 is 5.97 Å². The third-order valence-corrected chi connectivity index (χ3v) is 3.87. The molecule has 7 heteroatoms. The van der Waals surface area contributed by atoms with Gasteiger partial charge in [-0.2, -0.15) is 0 Å². The summed E-state index contributed by atoms with van der Waals surface area (Å²) in [4.78, 5) is 47.8. The molecular weight excluding hydrogens is 360 g/mol. The SMILES string of the molecule is CCNC(=O)[C@@H](C)NC(=O)COC(=O)c1ccc(C(=O)c2ccccc2)cc1. The Morgan fingerprint density at radius 2 is 1.46 bits per heavy atom. The largest absolute Gasteiger partial charge is 0.452 e. The number of rotatable bonds is 8. The molecule has 0 radical (unpaired) electrons. The molecule has 2 rings (SSSR count). The zero-order valence-corrected chi connectivity index (χ0v) is 15.7. The summed E-state index contributed by atoms with van der Waals surface area (Å²) in [5.74, 6) is -1.75. The van der Waals surface area contributed by atoms with Gasteiger partial charge in [-0.05, 0) is 26.0 Å². The van der Waals surface area contributed by atoms with Crippen molar-refractivity contribution in [1.29, 1.82) is 0 Å². The van der Waals surface area contributed by atoms with Crippen LogP contribution in [-0.2, 0) is 14.3 Å². The summed E-state index contributed by atoms with van der Waals surface area (Å²) in [7, 11) is 0. The number of nitrogens with one attached hydrogen (secondary N) is 2. The molecule has 2 aromatic rings. The summed E-state index contributed by atoms with van der Waals surface area (Å²) in [6, 6.07) is 14.1. The van der Waals surface area contributed by atoms with Crippen molar-refractivity contribution in [2.45, 2.75) is 19.9 Å². The lowest BCUT2D eigenvalue weighted by molar-refractivity contribution is -0.130. The first-order chi connectivity index (χ1) is 13.4. The first-order valence-electron chi connectivity index (χ1n) is 8.86. The van der Waals surface area contributed by atoms with Gasteiger partial charge in [0.1, 0.15) is 6.04 Å². The van der Waals surface area contributed by atoms with Gasteiger partial charge in [-0.1, -0.05) is 42.5 Å². The molecule has 146 valence electrons. The maximum Gasteiger partial charge on any atom is 0.338 e. The highest BCUT2D eigenvalue weighted by molar-refractivity contribution is 6.09. The van der Waals surface area contributed by atoms with Crippen LogP contribution in [0.25, 0.3) is 0 Å². The average molecular weight is 382 g/mol. The molecule has 0 aliphatic rings. The maximum absolute atomic E-state index is 12.3. The van der Waals surface area contributed by atoms with Gasteiger partial charge in [0.25, 0.3) is 5.91 Å². The molecular formula is C21H22N2O5. The van der Waals surface area contributed by atoms with Crippen LogP contribution in [0, 0.1) is 0 Å². The van der Waals surface area contributed by atoms with Crippen LogP contribution >= 0.6 is 0 Å². The number of ether oxygens (including phenoxy) is 1. The Hall–Kier alpha value is -3.48. The zero-order valence-electron chi connectivity index (χ0n) is 15.7. The molecule has 0 aliphatic carbocycles. The Morgan fingerprint density at radius 1 is 0.893 bits per heavy atom. The maximum atomic E-state index is 12.3. The monoisotopic (exact) mass is 382 g/mol. The van der Waals surface area contributed by atoms with E-state index in [0.29, 0.717) is 17.7 Å². The van der Waals surface area contributed by atoms with E-state index >= 15 is 0 Å². The molecule has 0 unspecified atom stereocenters. The van der Waals surface area contributed by atoms with Crippen molar-refractivity contribution in [2.75, 3.05) is 13.2 Å². The van der Waals surface area contributed by atoms with Crippen LogP contribution in [0.5, 0.6) is 0 Å². The molecule has 2 N–H and O–H groups in total. The van der Waals surface area contributed by atoms with Crippen LogP contribution in [0.4, 0.5) is 0 Å². The molecule has 0 aromatic heterocycles. The number of ketones is 1. The lowest BCUT2D eigenvalue weighted by Gasteiger charge is -2.13. The quantitative estimate of drug-likeness (QED) is 0.535. The fourth-order valence-corrected chi connectivity index (χ4v) is 2.40. The number of carbonyl (C=O) groups excluding carboxylic acids is 4. The first kappa shape index (κ1) is 20.8. The summed E-state index contributed by atoms with van der Waals surface area (Å²) < 4.78 is 4.95. The van der Waals surface area contributed by atoms with E-state index in [0.717, 1.165) is 0 Å². The molecule has 0 saturated carbocycles. The van der Waals surface area contributed by atoms with Crippen molar-refractivity contribution in [1.82, 2.24) is 10.6 Å². The Morgan fingerprint density at radius 3 is 2.07 bits per heavy atom. The number of amides is 2. The van der Waals surface area contributed by atoms with Gasteiger partial charge in [0.15, 0.2) is 12.4 Å². The molecule has 0 aliphatic heterocycles. The number of hydrogen-bond acceptors (Lipinski definition) is 5. The smallest absolute Gasteiger partial charge is 0.338 e. The molecule has 0 fully saturated rings. The van der Waals surface area contributed by atoms with Crippen LogP contribution in [0.3, 0.4) is 0 Å². The zero-order chi connectivity index (χ0) is 20.5. The van der Waals surface area contributed by atoms with Gasteiger partial charge in [-0.25, -0.2) is 4.79 Å². The van der Waals surface area contributed by atoms with Gasteiger partial charge in [0.2, 0.25) is 5.91 Å². The van der Waals surface area contributed by atoms with Crippen molar-refractivity contribution in [2.24, 2.45) is 0 Å². The van der Waals surface area contributed by atoms with Crippen LogP contribution in [0.2, 0.25) is 0 Å². The minimum atomic E-state index is -0.727. The second-order valence-electron chi connectivity index (χ2n) is 6.03. The van der Waals surface area contributed by atoms with E-state index in [1.165, 1.54) is 31.2 Å². The molecule has 1 atom stereocenters. The van der Waals surface area contributed by atoms with E-state index < -0.39 is 24.5 Å². The third kappa shape index (κ3) is 5.77. The number of likely N-dealkylation sites (N-methyl/N-ethyl adjacent to an activating group) is 1. The van der Waals surface area contributed by atoms with Crippen molar-refractivity contribution in [3.05, 3.63) is 71.3 Å². The van der Waals surface area contributed by atoms with E-state index in [1.807, 2.05) is 6.07 Å². The van der Waals surface area contributed by atoms with Crippen LogP contribution in [0.1, 0.15) is 40.1 Å². The normalized spacial score (nSPS) is 11.2. The fourth-order valence-electron chi connectivity index (χ4n) is 2.40. The summed E-state index contributed by atoms with van der Waals surface area (Å²) in [6.07, 6.45) is 0. The molecule has 0 heterocycles. The summed E-state index contributed by atoms with van der Waals surface area (Å²) in [5, 5.41) is 5.02. The molecule has 0 spiro atoms. The lowest BCUT2D eigenvalue weighted by atomic mass is 10.0. The summed E-state index contributed by atoms with van der Waals surface area (Å²) in [5.41, 5.74) is 1.21. The van der Waals surface area contributed by atoms with Gasteiger partial charge < -0.3 is 15.4 Å². The van der Waals surface area contributed by atoms with E-state index in [-0.39, 0.29) is 17.3 Å². The van der Waals surface area contributed by atoms with Crippen molar-refractivity contribution in [3.8, 4) is 0 Å². The molecule has 7 nitrogen and oxygen atoms in total. The van der Waals surface area contributed by atoms with Crippen LogP contribution in [-0.4, -0.2) is 42.8 Å². The highest BCUT2D eigenvalue weighted by atomic mass is 16.5. The van der Waals surface area contributed by atoms with Gasteiger partial charge in [-0.3, -0.25) is 14.4 Å². The van der Waals surface area contributed by atoms with Crippen molar-refractivity contribution >= 4 is 23.6 Å². The van der Waals surface area contributed by atoms with Gasteiger partial charge in [0, 0.05) is 17.7 Å².